The van der Waals surface area contributed by atoms with Crippen molar-refractivity contribution in [3.63, 3.8) is 0 Å². The highest BCUT2D eigenvalue weighted by molar-refractivity contribution is 6.02. The van der Waals surface area contributed by atoms with Crippen LogP contribution in [-0.4, -0.2) is 30.5 Å². The molecule has 0 fully saturated rings. The lowest BCUT2D eigenvalue weighted by molar-refractivity contribution is -0.165. The van der Waals surface area contributed by atoms with Gasteiger partial charge >= 0.3 is 0 Å². The molecule has 1 aliphatic rings. The minimum atomic E-state index is -0.751. The number of anilines is 1. The lowest BCUT2D eigenvalue weighted by atomic mass is 9.81. The number of aliphatic hydroxyl groups excluding tert-OH is 1. The van der Waals surface area contributed by atoms with Crippen LogP contribution >= 0.6 is 0 Å². The molecule has 33 heavy (non-hydrogen) atoms. The number of hydrogen-bond acceptors (Lipinski definition) is 6. The van der Waals surface area contributed by atoms with Crippen molar-refractivity contribution in [3.8, 4) is 0 Å². The van der Waals surface area contributed by atoms with Gasteiger partial charge in [-0.05, 0) is 50.1 Å². The van der Waals surface area contributed by atoms with Gasteiger partial charge in [0.05, 0.1) is 11.6 Å². The summed E-state index contributed by atoms with van der Waals surface area (Å²) in [6.45, 7) is 2.21. The van der Waals surface area contributed by atoms with Gasteiger partial charge < -0.3 is 24.3 Å². The number of carbonyl (C=O) groups is 1. The van der Waals surface area contributed by atoms with Crippen LogP contribution in [0.25, 0.3) is 11.0 Å². The van der Waals surface area contributed by atoms with Gasteiger partial charge in [-0.2, -0.15) is 0 Å². The van der Waals surface area contributed by atoms with E-state index in [0.29, 0.717) is 41.7 Å². The second kappa shape index (κ2) is 10.5. The maximum absolute atomic E-state index is 13.4. The molecule has 2 N–H and O–H groups in total. The Bertz CT molecular complexity index is 1190. The summed E-state index contributed by atoms with van der Waals surface area (Å²) in [5, 5.41) is 12.7. The summed E-state index contributed by atoms with van der Waals surface area (Å²) in [6, 6.07) is 16.1. The molecule has 0 unspecified atom stereocenters. The van der Waals surface area contributed by atoms with Crippen LogP contribution in [-0.2, 0) is 14.3 Å². The summed E-state index contributed by atoms with van der Waals surface area (Å²) in [4.78, 5) is 26.4. The number of fused-ring (bicyclic) bond motifs is 1. The van der Waals surface area contributed by atoms with E-state index in [1.54, 1.807) is 42.5 Å². The fraction of sp³-hybridized carbons (Fsp3) is 0.308. The van der Waals surface area contributed by atoms with Crippen molar-refractivity contribution < 1.29 is 23.8 Å². The fourth-order valence-electron chi connectivity index (χ4n) is 4.16. The van der Waals surface area contributed by atoms with Gasteiger partial charge in [-0.1, -0.05) is 30.3 Å². The van der Waals surface area contributed by atoms with Crippen LogP contribution in [0.1, 0.15) is 31.2 Å². The molecule has 0 aliphatic carbocycles. The molecule has 172 valence electrons. The van der Waals surface area contributed by atoms with Gasteiger partial charge in [0.1, 0.15) is 5.58 Å². The van der Waals surface area contributed by atoms with Crippen molar-refractivity contribution in [1.29, 1.82) is 0 Å². The largest absolute Gasteiger partial charge is 0.464 e. The number of allylic oxidation sites excluding steroid dienone is 1. The topological polar surface area (TPSA) is 98.0 Å². The standard InChI is InChI=1S/C26H27NO6/c1-2-31-26-18(12-8-14-28)20(21-16-32-22-13-7-6-11-19(22)24(21)29)15-23(33-26)25(30)27-17-9-4-3-5-10-17/h3-7,9-11,13,15-16,18,20,26,28H,2,8,12,14H2,1H3,(H,27,30)/t18-,20+,26-/m0/s1. The molecule has 1 aromatic heterocycles. The van der Waals surface area contributed by atoms with Gasteiger partial charge in [0.15, 0.2) is 11.2 Å². The molecular formula is C26H27NO6. The summed E-state index contributed by atoms with van der Waals surface area (Å²) in [6.07, 6.45) is 3.42. The molecule has 1 amide bonds. The van der Waals surface area contributed by atoms with E-state index in [4.69, 9.17) is 13.9 Å². The Kier molecular flexibility index (Phi) is 7.22. The number of ether oxygens (including phenoxy) is 2. The van der Waals surface area contributed by atoms with E-state index in [9.17, 15) is 14.7 Å². The van der Waals surface area contributed by atoms with Crippen LogP contribution in [0.2, 0.25) is 0 Å². The van der Waals surface area contributed by atoms with Crippen LogP contribution in [0.4, 0.5) is 5.69 Å². The Hall–Kier alpha value is -3.42. The van der Waals surface area contributed by atoms with Crippen LogP contribution in [0.5, 0.6) is 0 Å². The third kappa shape index (κ3) is 4.99. The fourth-order valence-corrected chi connectivity index (χ4v) is 4.16. The second-order valence-electron chi connectivity index (χ2n) is 7.86. The van der Waals surface area contributed by atoms with E-state index < -0.39 is 18.1 Å². The molecule has 1 aliphatic heterocycles. The molecule has 4 rings (SSSR count). The molecule has 0 spiro atoms. The average Bonchev–Trinajstić information content (AvgIpc) is 2.84. The summed E-state index contributed by atoms with van der Waals surface area (Å²) in [5.41, 5.74) is 1.39. The lowest BCUT2D eigenvalue weighted by Crippen LogP contribution is -2.38. The zero-order valence-corrected chi connectivity index (χ0v) is 18.4. The van der Waals surface area contributed by atoms with Crippen molar-refractivity contribution in [2.75, 3.05) is 18.5 Å². The number of benzene rings is 2. The normalized spacial score (nSPS) is 20.2. The molecule has 0 saturated carbocycles. The Morgan fingerprint density at radius 1 is 1.12 bits per heavy atom. The zero-order chi connectivity index (χ0) is 23.2. The lowest BCUT2D eigenvalue weighted by Gasteiger charge is -2.36. The molecule has 7 nitrogen and oxygen atoms in total. The summed E-state index contributed by atoms with van der Waals surface area (Å²) in [5.74, 6) is -1.12. The second-order valence-corrected chi connectivity index (χ2v) is 7.86. The van der Waals surface area contributed by atoms with Crippen LogP contribution in [0, 0.1) is 5.92 Å². The van der Waals surface area contributed by atoms with Gasteiger partial charge in [-0.15, -0.1) is 0 Å². The first-order valence-corrected chi connectivity index (χ1v) is 11.1. The number of aliphatic hydroxyl groups is 1. The van der Waals surface area contributed by atoms with Crippen molar-refractivity contribution in [3.05, 3.63) is 88.5 Å². The van der Waals surface area contributed by atoms with Crippen molar-refractivity contribution in [1.82, 2.24) is 0 Å². The Balaban J connectivity index is 1.76. The summed E-state index contributed by atoms with van der Waals surface area (Å²) < 4.78 is 17.6. The molecular weight excluding hydrogens is 422 g/mol. The molecule has 3 aromatic rings. The van der Waals surface area contributed by atoms with Gasteiger partial charge in [-0.25, -0.2) is 0 Å². The highest BCUT2D eigenvalue weighted by atomic mass is 16.7. The van der Waals surface area contributed by atoms with E-state index in [1.165, 1.54) is 6.26 Å². The smallest absolute Gasteiger partial charge is 0.290 e. The Morgan fingerprint density at radius 3 is 2.64 bits per heavy atom. The maximum Gasteiger partial charge on any atom is 0.290 e. The van der Waals surface area contributed by atoms with Crippen molar-refractivity contribution in [2.24, 2.45) is 5.92 Å². The SMILES string of the molecule is CCO[C@H]1OC(C(=O)Nc2ccccc2)=C[C@@H](c2coc3ccccc3c2=O)[C@@H]1CCCO. The molecule has 2 aromatic carbocycles. The number of rotatable bonds is 8. The monoisotopic (exact) mass is 449 g/mol. The number of nitrogens with one attached hydrogen (secondary N) is 1. The molecule has 0 saturated heterocycles. The number of amides is 1. The van der Waals surface area contributed by atoms with Crippen LogP contribution < -0.4 is 10.7 Å². The third-order valence-electron chi connectivity index (χ3n) is 5.73. The number of para-hydroxylation sites is 2. The Morgan fingerprint density at radius 2 is 1.88 bits per heavy atom. The van der Waals surface area contributed by atoms with Gasteiger partial charge in [0.2, 0.25) is 6.29 Å². The molecule has 2 heterocycles. The Labute approximate surface area is 191 Å². The number of carbonyl (C=O) groups excluding carboxylic acids is 1. The van der Waals surface area contributed by atoms with E-state index in [-0.39, 0.29) is 23.7 Å². The quantitative estimate of drug-likeness (QED) is 0.535. The third-order valence-corrected chi connectivity index (χ3v) is 5.73. The molecule has 3 atom stereocenters. The first-order chi connectivity index (χ1) is 16.1. The molecule has 0 radical (unpaired) electrons. The van der Waals surface area contributed by atoms with Crippen molar-refractivity contribution in [2.45, 2.75) is 32.0 Å². The van der Waals surface area contributed by atoms with Gasteiger partial charge in [0, 0.05) is 36.3 Å². The summed E-state index contributed by atoms with van der Waals surface area (Å²) >= 11 is 0. The van der Waals surface area contributed by atoms with Gasteiger partial charge in [0.25, 0.3) is 5.91 Å². The average molecular weight is 450 g/mol. The molecule has 0 bridgehead atoms. The van der Waals surface area contributed by atoms with E-state index in [2.05, 4.69) is 5.32 Å². The van der Waals surface area contributed by atoms with E-state index in [0.717, 1.165) is 0 Å². The highest BCUT2D eigenvalue weighted by Gasteiger charge is 2.39. The first kappa shape index (κ1) is 22.8. The van der Waals surface area contributed by atoms with Crippen LogP contribution in [0.15, 0.2) is 81.9 Å². The number of hydrogen-bond donors (Lipinski definition) is 2. The minimum Gasteiger partial charge on any atom is -0.464 e. The van der Waals surface area contributed by atoms with E-state index in [1.807, 2.05) is 25.1 Å². The van der Waals surface area contributed by atoms with Crippen LogP contribution in [0.3, 0.4) is 0 Å². The maximum atomic E-state index is 13.4. The predicted octanol–water partition coefficient (Wildman–Crippen LogP) is 4.18. The first-order valence-electron chi connectivity index (χ1n) is 11.1. The minimum absolute atomic E-state index is 0.000539. The van der Waals surface area contributed by atoms with Crippen molar-refractivity contribution >= 4 is 22.6 Å². The highest BCUT2D eigenvalue weighted by Crippen LogP contribution is 2.39. The predicted molar refractivity (Wildman–Crippen MR) is 125 cm³/mol. The molecule has 7 heteroatoms. The van der Waals surface area contributed by atoms with Gasteiger partial charge in [-0.3, -0.25) is 9.59 Å². The van der Waals surface area contributed by atoms with E-state index >= 15 is 0 Å². The summed E-state index contributed by atoms with van der Waals surface area (Å²) in [7, 11) is 0. The zero-order valence-electron chi connectivity index (χ0n) is 18.4.